The average Bonchev–Trinajstić information content (AvgIpc) is 2.43. The molecule has 0 fully saturated rings. The number of benzene rings is 1. The van der Waals surface area contributed by atoms with Gasteiger partial charge < -0.3 is 15.5 Å². The first-order valence-electron chi connectivity index (χ1n) is 6.39. The molecule has 0 atom stereocenters. The molecule has 1 aliphatic carbocycles. The predicted octanol–water partition coefficient (Wildman–Crippen LogP) is 1.12. The smallest absolute Gasteiger partial charge is 0.216 e. The van der Waals surface area contributed by atoms with Crippen LogP contribution in [0.25, 0.3) is 0 Å². The van der Waals surface area contributed by atoms with Crippen molar-refractivity contribution in [2.45, 2.75) is 12.8 Å². The van der Waals surface area contributed by atoms with Crippen LogP contribution in [-0.2, 0) is 0 Å². The van der Waals surface area contributed by atoms with Crippen LogP contribution in [0.3, 0.4) is 0 Å². The summed E-state index contributed by atoms with van der Waals surface area (Å²) in [6.07, 6.45) is 8.59. The van der Waals surface area contributed by atoms with Crippen molar-refractivity contribution < 1.29 is 20.3 Å². The Labute approximate surface area is 112 Å². The van der Waals surface area contributed by atoms with Gasteiger partial charge in [0.1, 0.15) is 13.1 Å². The van der Waals surface area contributed by atoms with Gasteiger partial charge in [-0.1, -0.05) is 18.2 Å². The van der Waals surface area contributed by atoms with Crippen LogP contribution in [0.15, 0.2) is 42.0 Å². The number of Topliss-reactive ketones (excluding diaryl/α,β-unsaturated/α-hetero) is 1. The highest BCUT2D eigenvalue weighted by atomic mass is 16.3. The lowest BCUT2D eigenvalue weighted by atomic mass is 10.1. The Morgan fingerprint density at radius 3 is 2.74 bits per heavy atom. The molecule has 0 saturated carbocycles. The Hall–Kier alpha value is -2.07. The van der Waals surface area contributed by atoms with Crippen molar-refractivity contribution in [3.63, 3.8) is 0 Å². The number of quaternary nitrogens is 1. The Bertz CT molecular complexity index is 532. The molecular weight excluding hydrogens is 242 g/mol. The fraction of sp³-hybridized carbons (Fsp3) is 0.267. The van der Waals surface area contributed by atoms with Crippen LogP contribution in [0.4, 0.5) is 0 Å². The average molecular weight is 260 g/mol. The first kappa shape index (κ1) is 13.4. The number of aromatic hydroxyl groups is 2. The lowest BCUT2D eigenvalue weighted by Crippen LogP contribution is -2.86. The van der Waals surface area contributed by atoms with E-state index in [1.807, 2.05) is 5.32 Å². The number of ketones is 1. The SMILES string of the molecule is O=C(C[NH2+]CC1=CCCC=C1)c1ccc(O)c(O)c1. The van der Waals surface area contributed by atoms with E-state index in [4.69, 9.17) is 0 Å². The normalized spacial score (nSPS) is 14.2. The number of carbonyl (C=O) groups is 1. The second-order valence-corrected chi connectivity index (χ2v) is 4.58. The van der Waals surface area contributed by atoms with Gasteiger partial charge in [0.15, 0.2) is 11.5 Å². The van der Waals surface area contributed by atoms with E-state index >= 15 is 0 Å². The summed E-state index contributed by atoms with van der Waals surface area (Å²) in [6, 6.07) is 4.14. The van der Waals surface area contributed by atoms with Gasteiger partial charge in [0.2, 0.25) is 5.78 Å². The molecule has 0 radical (unpaired) electrons. The molecule has 1 aromatic rings. The van der Waals surface area contributed by atoms with Gasteiger partial charge >= 0.3 is 0 Å². The third-order valence-corrected chi connectivity index (χ3v) is 3.08. The van der Waals surface area contributed by atoms with E-state index in [0.29, 0.717) is 12.1 Å². The van der Waals surface area contributed by atoms with Crippen LogP contribution in [0.5, 0.6) is 11.5 Å². The summed E-state index contributed by atoms with van der Waals surface area (Å²) in [7, 11) is 0. The van der Waals surface area contributed by atoms with E-state index in [1.54, 1.807) is 0 Å². The molecule has 0 heterocycles. The maximum absolute atomic E-state index is 11.9. The minimum Gasteiger partial charge on any atom is -0.504 e. The lowest BCUT2D eigenvalue weighted by Gasteiger charge is -2.06. The summed E-state index contributed by atoms with van der Waals surface area (Å²) >= 11 is 0. The summed E-state index contributed by atoms with van der Waals surface area (Å²) in [4.78, 5) is 11.9. The fourth-order valence-corrected chi connectivity index (χ4v) is 2.00. The van der Waals surface area contributed by atoms with Crippen LogP contribution < -0.4 is 5.32 Å². The van der Waals surface area contributed by atoms with Crippen molar-refractivity contribution in [1.82, 2.24) is 0 Å². The van der Waals surface area contributed by atoms with Crippen molar-refractivity contribution >= 4 is 5.78 Å². The number of carbonyl (C=O) groups excluding carboxylic acids is 1. The summed E-state index contributed by atoms with van der Waals surface area (Å²) in [6.45, 7) is 1.11. The maximum atomic E-state index is 11.9. The number of hydrogen-bond acceptors (Lipinski definition) is 3. The quantitative estimate of drug-likeness (QED) is 0.548. The number of allylic oxidation sites excluding steroid dienone is 2. The molecule has 19 heavy (non-hydrogen) atoms. The summed E-state index contributed by atoms with van der Waals surface area (Å²) in [5, 5.41) is 20.5. The predicted molar refractivity (Wildman–Crippen MR) is 72.2 cm³/mol. The second kappa shape index (κ2) is 6.20. The molecule has 0 bridgehead atoms. The van der Waals surface area contributed by atoms with Gasteiger partial charge in [-0.2, -0.15) is 0 Å². The van der Waals surface area contributed by atoms with E-state index in [0.717, 1.165) is 19.4 Å². The van der Waals surface area contributed by atoms with Gasteiger partial charge in [-0.15, -0.1) is 0 Å². The van der Waals surface area contributed by atoms with Gasteiger partial charge in [0.25, 0.3) is 0 Å². The number of rotatable bonds is 5. The van der Waals surface area contributed by atoms with E-state index in [1.165, 1.54) is 23.8 Å². The first-order valence-corrected chi connectivity index (χ1v) is 6.39. The van der Waals surface area contributed by atoms with Gasteiger partial charge in [0, 0.05) is 11.1 Å². The molecule has 4 nitrogen and oxygen atoms in total. The van der Waals surface area contributed by atoms with Crippen molar-refractivity contribution in [3.8, 4) is 11.5 Å². The lowest BCUT2D eigenvalue weighted by molar-refractivity contribution is -0.635. The fourth-order valence-electron chi connectivity index (χ4n) is 2.00. The third kappa shape index (κ3) is 3.69. The molecule has 1 aromatic carbocycles. The number of phenolic OH excluding ortho intramolecular Hbond substituents is 2. The molecule has 100 valence electrons. The van der Waals surface area contributed by atoms with Crippen LogP contribution in [0.2, 0.25) is 0 Å². The van der Waals surface area contributed by atoms with Crippen molar-refractivity contribution in [3.05, 3.63) is 47.6 Å². The summed E-state index contributed by atoms with van der Waals surface area (Å²) < 4.78 is 0. The van der Waals surface area contributed by atoms with Crippen LogP contribution in [0.1, 0.15) is 23.2 Å². The minimum atomic E-state index is -0.260. The number of hydrogen-bond donors (Lipinski definition) is 3. The van der Waals surface area contributed by atoms with Crippen LogP contribution in [-0.4, -0.2) is 29.1 Å². The Morgan fingerprint density at radius 1 is 1.21 bits per heavy atom. The van der Waals surface area contributed by atoms with Crippen LogP contribution in [0, 0.1) is 0 Å². The highest BCUT2D eigenvalue weighted by Crippen LogP contribution is 2.24. The molecule has 0 unspecified atom stereocenters. The molecule has 2 rings (SSSR count). The zero-order valence-corrected chi connectivity index (χ0v) is 10.7. The standard InChI is InChI=1S/C15H17NO3/c17-13-7-6-12(8-14(13)18)15(19)10-16-9-11-4-2-1-3-5-11/h2,4-8,16-18H,1,3,9-10H2/p+1. The van der Waals surface area contributed by atoms with E-state index in [2.05, 4.69) is 18.2 Å². The largest absolute Gasteiger partial charge is 0.504 e. The van der Waals surface area contributed by atoms with Crippen LogP contribution >= 0.6 is 0 Å². The molecule has 0 amide bonds. The first-order chi connectivity index (χ1) is 9.16. The van der Waals surface area contributed by atoms with E-state index < -0.39 is 0 Å². The zero-order chi connectivity index (χ0) is 13.7. The van der Waals surface area contributed by atoms with Gasteiger partial charge in [-0.3, -0.25) is 4.79 Å². The monoisotopic (exact) mass is 260 g/mol. The Morgan fingerprint density at radius 2 is 2.05 bits per heavy atom. The van der Waals surface area contributed by atoms with Gasteiger partial charge in [0.05, 0.1) is 0 Å². The Balaban J connectivity index is 1.85. The van der Waals surface area contributed by atoms with E-state index in [-0.39, 0.29) is 17.3 Å². The zero-order valence-electron chi connectivity index (χ0n) is 10.7. The molecule has 0 saturated heterocycles. The molecule has 4 heteroatoms. The second-order valence-electron chi connectivity index (χ2n) is 4.58. The van der Waals surface area contributed by atoms with Crippen molar-refractivity contribution in [2.24, 2.45) is 0 Å². The molecule has 0 aromatic heterocycles. The molecule has 0 spiro atoms. The highest BCUT2D eigenvalue weighted by molar-refractivity contribution is 5.97. The number of nitrogens with two attached hydrogens (primary N) is 1. The maximum Gasteiger partial charge on any atom is 0.216 e. The van der Waals surface area contributed by atoms with E-state index in [9.17, 15) is 15.0 Å². The minimum absolute atomic E-state index is 0.0595. The van der Waals surface area contributed by atoms with Gasteiger partial charge in [-0.25, -0.2) is 0 Å². The number of phenols is 2. The van der Waals surface area contributed by atoms with Gasteiger partial charge in [-0.05, 0) is 31.0 Å². The summed E-state index contributed by atoms with van der Waals surface area (Å²) in [5.41, 5.74) is 1.66. The molecular formula is C15H18NO3+. The summed E-state index contributed by atoms with van der Waals surface area (Å²) in [5.74, 6) is -0.530. The van der Waals surface area contributed by atoms with Crippen molar-refractivity contribution in [1.29, 1.82) is 0 Å². The molecule has 1 aliphatic rings. The molecule has 0 aliphatic heterocycles. The van der Waals surface area contributed by atoms with Crippen molar-refractivity contribution in [2.75, 3.05) is 13.1 Å². The Kier molecular flexibility index (Phi) is 4.36. The third-order valence-electron chi connectivity index (χ3n) is 3.08. The molecule has 4 N–H and O–H groups in total. The topological polar surface area (TPSA) is 74.1 Å². The highest BCUT2D eigenvalue weighted by Gasteiger charge is 2.11.